The second-order valence-corrected chi connectivity index (χ2v) is 7.52. The molecule has 1 aliphatic heterocycles. The molecule has 1 aromatic rings. The fourth-order valence-corrected chi connectivity index (χ4v) is 5.38. The van der Waals surface area contributed by atoms with Crippen molar-refractivity contribution in [3.05, 3.63) is 23.8 Å². The molecule has 5 heteroatoms. The van der Waals surface area contributed by atoms with Gasteiger partial charge in [-0.1, -0.05) is 6.92 Å². The zero-order valence-electron chi connectivity index (χ0n) is 13.1. The third kappa shape index (κ3) is 4.47. The number of hydrogen-bond donors (Lipinski definition) is 1. The van der Waals surface area contributed by atoms with Gasteiger partial charge in [-0.05, 0) is 31.2 Å². The summed E-state index contributed by atoms with van der Waals surface area (Å²) in [7, 11) is 3.45. The summed E-state index contributed by atoms with van der Waals surface area (Å²) in [4.78, 5) is 0. The normalized spacial score (nSPS) is 20.0. The van der Waals surface area contributed by atoms with E-state index < -0.39 is 0 Å². The number of hydrogen-bond acceptors (Lipinski definition) is 5. The topological polar surface area (TPSA) is 30.5 Å². The van der Waals surface area contributed by atoms with E-state index in [4.69, 9.17) is 9.47 Å². The number of methoxy groups -OCH3 is 2. The lowest BCUT2D eigenvalue weighted by atomic mass is 10.0. The van der Waals surface area contributed by atoms with Gasteiger partial charge >= 0.3 is 0 Å². The molecule has 0 amide bonds. The lowest BCUT2D eigenvalue weighted by Gasteiger charge is -2.31. The molecule has 0 aliphatic carbocycles. The Labute approximate surface area is 136 Å². The van der Waals surface area contributed by atoms with Gasteiger partial charge in [-0.3, -0.25) is 0 Å². The Hall–Kier alpha value is -0.520. The molecule has 2 unspecified atom stereocenters. The first kappa shape index (κ1) is 16.8. The first-order valence-electron chi connectivity index (χ1n) is 7.44. The fraction of sp³-hybridized carbons (Fsp3) is 0.625. The van der Waals surface area contributed by atoms with Crippen molar-refractivity contribution in [3.8, 4) is 11.5 Å². The molecule has 1 fully saturated rings. The van der Waals surface area contributed by atoms with Crippen LogP contribution in [0.3, 0.4) is 0 Å². The van der Waals surface area contributed by atoms with Gasteiger partial charge in [0.1, 0.15) is 11.5 Å². The lowest BCUT2D eigenvalue weighted by molar-refractivity contribution is 0.389. The SMILES string of the molecule is CCCNC(c1cc(OC)ccc1OC)C1CSCCS1. The highest BCUT2D eigenvalue weighted by Gasteiger charge is 2.28. The van der Waals surface area contributed by atoms with Gasteiger partial charge in [0.25, 0.3) is 0 Å². The van der Waals surface area contributed by atoms with Crippen LogP contribution in [0.5, 0.6) is 11.5 Å². The summed E-state index contributed by atoms with van der Waals surface area (Å²) in [6.07, 6.45) is 1.13. The number of nitrogens with one attached hydrogen (secondary N) is 1. The van der Waals surface area contributed by atoms with Crippen molar-refractivity contribution in [2.75, 3.05) is 38.0 Å². The minimum absolute atomic E-state index is 0.313. The van der Waals surface area contributed by atoms with Crippen LogP contribution in [-0.2, 0) is 0 Å². The summed E-state index contributed by atoms with van der Waals surface area (Å²) in [5, 5.41) is 4.29. The highest BCUT2D eigenvalue weighted by molar-refractivity contribution is 8.06. The zero-order valence-corrected chi connectivity index (χ0v) is 14.7. The van der Waals surface area contributed by atoms with Gasteiger partial charge in [0, 0.05) is 34.1 Å². The third-order valence-corrected chi connectivity index (χ3v) is 6.46. The minimum atomic E-state index is 0.313. The molecular formula is C16H25NO2S2. The summed E-state index contributed by atoms with van der Waals surface area (Å²) in [5.74, 6) is 5.51. The molecule has 1 heterocycles. The number of ether oxygens (including phenoxy) is 2. The summed E-state index contributed by atoms with van der Waals surface area (Å²) in [6.45, 7) is 3.22. The Morgan fingerprint density at radius 3 is 2.76 bits per heavy atom. The Kier molecular flexibility index (Phi) is 7.07. The van der Waals surface area contributed by atoms with E-state index in [0.717, 1.165) is 24.5 Å². The average Bonchev–Trinajstić information content (AvgIpc) is 2.56. The molecule has 1 aliphatic rings. The second kappa shape index (κ2) is 8.81. The van der Waals surface area contributed by atoms with Crippen LogP contribution < -0.4 is 14.8 Å². The molecule has 21 heavy (non-hydrogen) atoms. The first-order chi connectivity index (χ1) is 10.3. The summed E-state index contributed by atoms with van der Waals surface area (Å²) < 4.78 is 11.0. The van der Waals surface area contributed by atoms with Crippen molar-refractivity contribution in [1.29, 1.82) is 0 Å². The van der Waals surface area contributed by atoms with Crippen LogP contribution in [0.15, 0.2) is 18.2 Å². The Balaban J connectivity index is 2.29. The predicted octanol–water partition coefficient (Wildman–Crippen LogP) is 3.59. The van der Waals surface area contributed by atoms with Gasteiger partial charge in [-0.15, -0.1) is 0 Å². The van der Waals surface area contributed by atoms with Gasteiger partial charge < -0.3 is 14.8 Å². The maximum absolute atomic E-state index is 5.58. The molecule has 1 aromatic carbocycles. The summed E-state index contributed by atoms with van der Waals surface area (Å²) in [5.41, 5.74) is 1.21. The maximum Gasteiger partial charge on any atom is 0.123 e. The zero-order chi connectivity index (χ0) is 15.1. The van der Waals surface area contributed by atoms with E-state index in [1.807, 2.05) is 23.9 Å². The number of thioether (sulfide) groups is 2. The van der Waals surface area contributed by atoms with Crippen LogP contribution >= 0.6 is 23.5 Å². The number of benzene rings is 1. The smallest absolute Gasteiger partial charge is 0.123 e. The average molecular weight is 328 g/mol. The lowest BCUT2D eigenvalue weighted by Crippen LogP contribution is -2.34. The van der Waals surface area contributed by atoms with Gasteiger partial charge in [0.2, 0.25) is 0 Å². The predicted molar refractivity (Wildman–Crippen MR) is 94.2 cm³/mol. The molecule has 0 bridgehead atoms. The van der Waals surface area contributed by atoms with Crippen molar-refractivity contribution in [1.82, 2.24) is 5.32 Å². The second-order valence-electron chi connectivity index (χ2n) is 5.02. The molecule has 2 atom stereocenters. The third-order valence-electron chi connectivity index (χ3n) is 3.60. The summed E-state index contributed by atoms with van der Waals surface area (Å²) >= 11 is 4.12. The molecule has 3 nitrogen and oxygen atoms in total. The highest BCUT2D eigenvalue weighted by Crippen LogP contribution is 2.38. The molecule has 2 rings (SSSR count). The van der Waals surface area contributed by atoms with E-state index in [9.17, 15) is 0 Å². The molecule has 0 saturated carbocycles. The van der Waals surface area contributed by atoms with Gasteiger partial charge in [0.05, 0.1) is 14.2 Å². The Morgan fingerprint density at radius 2 is 2.14 bits per heavy atom. The molecule has 0 spiro atoms. The minimum Gasteiger partial charge on any atom is -0.497 e. The quantitative estimate of drug-likeness (QED) is 0.827. The van der Waals surface area contributed by atoms with Crippen molar-refractivity contribution in [3.63, 3.8) is 0 Å². The molecule has 0 aromatic heterocycles. The highest BCUT2D eigenvalue weighted by atomic mass is 32.2. The van der Waals surface area contributed by atoms with Crippen LogP contribution in [-0.4, -0.2) is 43.3 Å². The molecule has 1 saturated heterocycles. The van der Waals surface area contributed by atoms with Crippen molar-refractivity contribution in [2.45, 2.75) is 24.6 Å². The maximum atomic E-state index is 5.58. The molecule has 118 valence electrons. The molecule has 0 radical (unpaired) electrons. The van der Waals surface area contributed by atoms with Crippen LogP contribution in [0, 0.1) is 0 Å². The van der Waals surface area contributed by atoms with Crippen LogP contribution in [0.2, 0.25) is 0 Å². The molecule has 1 N–H and O–H groups in total. The van der Waals surface area contributed by atoms with Crippen molar-refractivity contribution >= 4 is 23.5 Å². The van der Waals surface area contributed by atoms with E-state index >= 15 is 0 Å². The van der Waals surface area contributed by atoms with Crippen LogP contribution in [0.1, 0.15) is 24.9 Å². The van der Waals surface area contributed by atoms with E-state index in [1.165, 1.54) is 22.8 Å². The standard InChI is InChI=1S/C16H25NO2S2/c1-4-7-17-16(15-11-20-8-9-21-15)13-10-12(18-2)5-6-14(13)19-3/h5-6,10,15-17H,4,7-9,11H2,1-3H3. The van der Waals surface area contributed by atoms with Gasteiger partial charge in [-0.2, -0.15) is 23.5 Å². The largest absolute Gasteiger partial charge is 0.497 e. The monoisotopic (exact) mass is 327 g/mol. The molecular weight excluding hydrogens is 302 g/mol. The van der Waals surface area contributed by atoms with Crippen LogP contribution in [0.25, 0.3) is 0 Å². The van der Waals surface area contributed by atoms with E-state index in [1.54, 1.807) is 14.2 Å². The van der Waals surface area contributed by atoms with Gasteiger partial charge in [-0.25, -0.2) is 0 Å². The first-order valence-corrected chi connectivity index (χ1v) is 9.65. The Morgan fingerprint density at radius 1 is 1.29 bits per heavy atom. The van der Waals surface area contributed by atoms with Crippen molar-refractivity contribution in [2.24, 2.45) is 0 Å². The number of rotatable bonds is 7. The summed E-state index contributed by atoms with van der Waals surface area (Å²) in [6, 6.07) is 6.40. The van der Waals surface area contributed by atoms with E-state index in [-0.39, 0.29) is 0 Å². The van der Waals surface area contributed by atoms with E-state index in [2.05, 4.69) is 30.1 Å². The van der Waals surface area contributed by atoms with Crippen LogP contribution in [0.4, 0.5) is 0 Å². The van der Waals surface area contributed by atoms with E-state index in [0.29, 0.717) is 11.3 Å². The fourth-order valence-electron chi connectivity index (χ4n) is 2.52. The van der Waals surface area contributed by atoms with Crippen molar-refractivity contribution < 1.29 is 9.47 Å². The van der Waals surface area contributed by atoms with Gasteiger partial charge in [0.15, 0.2) is 0 Å². The Bertz CT molecular complexity index is 436.